The van der Waals surface area contributed by atoms with Crippen LogP contribution in [0.4, 0.5) is 13.2 Å². The van der Waals surface area contributed by atoms with Gasteiger partial charge in [0.05, 0.1) is 19.7 Å². The molecule has 1 unspecified atom stereocenters. The number of hydrogen-bond donors (Lipinski definition) is 2. The number of hydrogen-bond acceptors (Lipinski definition) is 4. The highest BCUT2D eigenvalue weighted by Gasteiger charge is 2.30. The molecule has 2 aromatic rings. The molecular weight excluding hydrogens is 512 g/mol. The molecule has 3 N–H and O–H groups in total. The molecule has 2 rings (SSSR count). The molecular formula is C20H26F3IN4O2. The molecule has 0 aliphatic rings. The van der Waals surface area contributed by atoms with Crippen molar-refractivity contribution in [1.29, 1.82) is 0 Å². The summed E-state index contributed by atoms with van der Waals surface area (Å²) in [6.07, 6.45) is -4.71. The third-order valence-electron chi connectivity index (χ3n) is 4.19. The minimum absolute atomic E-state index is 0. The molecule has 0 saturated heterocycles. The molecule has 0 aliphatic heterocycles. The van der Waals surface area contributed by atoms with Crippen molar-refractivity contribution in [3.05, 3.63) is 59.7 Å². The summed E-state index contributed by atoms with van der Waals surface area (Å²) < 4.78 is 45.9. The number of para-hydroxylation sites is 1. The number of methoxy groups -OCH3 is 1. The van der Waals surface area contributed by atoms with Crippen LogP contribution in [0.2, 0.25) is 0 Å². The van der Waals surface area contributed by atoms with Crippen LogP contribution < -0.4 is 20.5 Å². The summed E-state index contributed by atoms with van der Waals surface area (Å²) in [6.45, 7) is 0.730. The second kappa shape index (κ2) is 11.8. The van der Waals surface area contributed by atoms with E-state index in [1.165, 1.54) is 24.3 Å². The third kappa shape index (κ3) is 8.27. The first-order chi connectivity index (χ1) is 13.7. The Morgan fingerprint density at radius 2 is 1.77 bits per heavy atom. The van der Waals surface area contributed by atoms with Crippen LogP contribution in [0.1, 0.15) is 17.2 Å². The lowest BCUT2D eigenvalue weighted by atomic mass is 10.0. The minimum atomic E-state index is -4.71. The van der Waals surface area contributed by atoms with Gasteiger partial charge in [0.1, 0.15) is 11.5 Å². The van der Waals surface area contributed by atoms with Gasteiger partial charge in [-0.15, -0.1) is 37.1 Å². The van der Waals surface area contributed by atoms with E-state index in [1.54, 1.807) is 7.11 Å². The summed E-state index contributed by atoms with van der Waals surface area (Å²) in [5.74, 6) is 0.744. The number of aliphatic imine (C=N–C) groups is 1. The molecule has 0 radical (unpaired) electrons. The van der Waals surface area contributed by atoms with Gasteiger partial charge in [0, 0.05) is 12.1 Å². The number of alkyl halides is 3. The Morgan fingerprint density at radius 1 is 1.13 bits per heavy atom. The number of nitrogens with zero attached hydrogens (tertiary/aromatic N) is 2. The maximum atomic E-state index is 12.2. The van der Waals surface area contributed by atoms with Gasteiger partial charge in [-0.05, 0) is 37.9 Å². The van der Waals surface area contributed by atoms with Crippen LogP contribution in [-0.2, 0) is 6.54 Å². The van der Waals surface area contributed by atoms with E-state index in [0.717, 1.165) is 11.3 Å². The summed E-state index contributed by atoms with van der Waals surface area (Å²) in [7, 11) is 5.53. The van der Waals surface area contributed by atoms with Crippen molar-refractivity contribution in [2.45, 2.75) is 18.9 Å². The van der Waals surface area contributed by atoms with Crippen molar-refractivity contribution in [1.82, 2.24) is 10.2 Å². The summed E-state index contributed by atoms with van der Waals surface area (Å²) in [6, 6.07) is 13.2. The van der Waals surface area contributed by atoms with Gasteiger partial charge in [-0.1, -0.05) is 30.3 Å². The van der Waals surface area contributed by atoms with Gasteiger partial charge in [-0.2, -0.15) is 0 Å². The second-order valence-corrected chi connectivity index (χ2v) is 6.50. The van der Waals surface area contributed by atoms with Crippen molar-refractivity contribution >= 4 is 29.9 Å². The van der Waals surface area contributed by atoms with E-state index in [1.807, 2.05) is 43.3 Å². The molecule has 0 aliphatic carbocycles. The third-order valence-corrected chi connectivity index (χ3v) is 4.19. The van der Waals surface area contributed by atoms with Crippen molar-refractivity contribution < 1.29 is 22.6 Å². The largest absolute Gasteiger partial charge is 0.573 e. The number of rotatable bonds is 8. The van der Waals surface area contributed by atoms with Crippen LogP contribution in [0.25, 0.3) is 0 Å². The number of ether oxygens (including phenoxy) is 2. The molecule has 0 fully saturated rings. The van der Waals surface area contributed by atoms with E-state index in [4.69, 9.17) is 10.5 Å². The highest BCUT2D eigenvalue weighted by molar-refractivity contribution is 14.0. The van der Waals surface area contributed by atoms with E-state index >= 15 is 0 Å². The summed E-state index contributed by atoms with van der Waals surface area (Å²) in [5.41, 5.74) is 7.67. The van der Waals surface area contributed by atoms with Gasteiger partial charge in [-0.3, -0.25) is 0 Å². The van der Waals surface area contributed by atoms with Gasteiger partial charge < -0.3 is 25.4 Å². The van der Waals surface area contributed by atoms with Crippen LogP contribution in [0.15, 0.2) is 53.5 Å². The predicted octanol–water partition coefficient (Wildman–Crippen LogP) is 3.92. The van der Waals surface area contributed by atoms with Crippen LogP contribution >= 0.6 is 24.0 Å². The van der Waals surface area contributed by atoms with Gasteiger partial charge >= 0.3 is 6.36 Å². The number of likely N-dealkylation sites (N-methyl/N-ethyl adjacent to an activating group) is 1. The average molecular weight is 538 g/mol. The molecule has 0 heterocycles. The van der Waals surface area contributed by atoms with Crippen molar-refractivity contribution in [2.24, 2.45) is 10.7 Å². The van der Waals surface area contributed by atoms with Gasteiger partial charge in [0.2, 0.25) is 0 Å². The lowest BCUT2D eigenvalue weighted by Gasteiger charge is -2.26. The SMILES string of the molecule is COc1ccccc1C(CNC(N)=NCc1ccc(OC(F)(F)F)cc1)N(C)C.I. The summed E-state index contributed by atoms with van der Waals surface area (Å²) >= 11 is 0. The number of halogens is 4. The summed E-state index contributed by atoms with van der Waals surface area (Å²) in [4.78, 5) is 6.28. The van der Waals surface area contributed by atoms with E-state index in [-0.39, 0.29) is 48.3 Å². The lowest BCUT2D eigenvalue weighted by Crippen LogP contribution is -2.38. The Morgan fingerprint density at radius 3 is 2.33 bits per heavy atom. The monoisotopic (exact) mass is 538 g/mol. The quantitative estimate of drug-likeness (QED) is 0.303. The molecule has 10 heteroatoms. The van der Waals surface area contributed by atoms with Gasteiger partial charge in [0.25, 0.3) is 0 Å². The first kappa shape index (κ1) is 25.8. The lowest BCUT2D eigenvalue weighted by molar-refractivity contribution is -0.274. The zero-order valence-electron chi connectivity index (χ0n) is 16.9. The minimum Gasteiger partial charge on any atom is -0.496 e. The Kier molecular flexibility index (Phi) is 10.2. The summed E-state index contributed by atoms with van der Waals surface area (Å²) in [5, 5.41) is 3.08. The van der Waals surface area contributed by atoms with E-state index in [2.05, 4.69) is 15.0 Å². The number of nitrogens with one attached hydrogen (secondary N) is 1. The average Bonchev–Trinajstić information content (AvgIpc) is 2.66. The Labute approximate surface area is 191 Å². The topological polar surface area (TPSA) is 72.1 Å². The Balaban J connectivity index is 0.00000450. The number of guanidine groups is 1. The van der Waals surface area contributed by atoms with Crippen LogP contribution in [-0.4, -0.2) is 45.0 Å². The van der Waals surface area contributed by atoms with Gasteiger partial charge in [-0.25, -0.2) is 4.99 Å². The smallest absolute Gasteiger partial charge is 0.496 e. The standard InChI is InChI=1S/C20H25F3N4O2.HI/c1-27(2)17(16-6-4-5-7-18(16)28-3)13-26-19(24)25-12-14-8-10-15(11-9-14)29-20(21,22)23;/h4-11,17H,12-13H2,1-3H3,(H3,24,25,26);1H. The second-order valence-electron chi connectivity index (χ2n) is 6.50. The Hall–Kier alpha value is -2.21. The van der Waals surface area contributed by atoms with E-state index < -0.39 is 6.36 Å². The fourth-order valence-electron chi connectivity index (χ4n) is 2.74. The molecule has 166 valence electrons. The first-order valence-corrected chi connectivity index (χ1v) is 8.87. The van der Waals surface area contributed by atoms with Crippen LogP contribution in [0.3, 0.4) is 0 Å². The Bertz CT molecular complexity index is 814. The first-order valence-electron chi connectivity index (χ1n) is 8.87. The molecule has 0 spiro atoms. The maximum absolute atomic E-state index is 12.2. The number of benzene rings is 2. The zero-order valence-corrected chi connectivity index (χ0v) is 19.3. The van der Waals surface area contributed by atoms with Gasteiger partial charge in [0.15, 0.2) is 5.96 Å². The highest BCUT2D eigenvalue weighted by Crippen LogP contribution is 2.27. The molecule has 0 amide bonds. The fourth-order valence-corrected chi connectivity index (χ4v) is 2.74. The van der Waals surface area contributed by atoms with E-state index in [0.29, 0.717) is 12.1 Å². The van der Waals surface area contributed by atoms with Crippen molar-refractivity contribution in [3.8, 4) is 11.5 Å². The van der Waals surface area contributed by atoms with Crippen molar-refractivity contribution in [3.63, 3.8) is 0 Å². The van der Waals surface area contributed by atoms with Crippen molar-refractivity contribution in [2.75, 3.05) is 27.7 Å². The highest BCUT2D eigenvalue weighted by atomic mass is 127. The predicted molar refractivity (Wildman–Crippen MR) is 121 cm³/mol. The number of nitrogens with two attached hydrogens (primary N) is 1. The van der Waals surface area contributed by atoms with Crippen LogP contribution in [0, 0.1) is 0 Å². The molecule has 0 bridgehead atoms. The molecule has 2 aromatic carbocycles. The fraction of sp³-hybridized carbons (Fsp3) is 0.350. The molecule has 0 saturated carbocycles. The zero-order chi connectivity index (χ0) is 21.4. The molecule has 0 aromatic heterocycles. The molecule has 1 atom stereocenters. The maximum Gasteiger partial charge on any atom is 0.573 e. The normalized spacial score (nSPS) is 12.8. The molecule has 30 heavy (non-hydrogen) atoms. The van der Waals surface area contributed by atoms with E-state index in [9.17, 15) is 13.2 Å². The molecule has 6 nitrogen and oxygen atoms in total. The van der Waals surface area contributed by atoms with Crippen LogP contribution in [0.5, 0.6) is 11.5 Å².